The minimum atomic E-state index is 0.322. The van der Waals surface area contributed by atoms with Crippen LogP contribution in [0.1, 0.15) is 5.56 Å². The van der Waals surface area contributed by atoms with Crippen LogP contribution in [0.5, 0.6) is 17.2 Å². The molecule has 0 amide bonds. The fourth-order valence-corrected chi connectivity index (χ4v) is 2.13. The average Bonchev–Trinajstić information content (AvgIpc) is 2.49. The van der Waals surface area contributed by atoms with E-state index in [1.807, 2.05) is 18.2 Å². The van der Waals surface area contributed by atoms with Crippen LogP contribution in [0.25, 0.3) is 0 Å². The van der Waals surface area contributed by atoms with Gasteiger partial charge in [-0.1, -0.05) is 29.3 Å². The Kier molecular flexibility index (Phi) is 5.04. The van der Waals surface area contributed by atoms with Crippen LogP contribution < -0.4 is 19.9 Å². The minimum absolute atomic E-state index is 0.322. The van der Waals surface area contributed by atoms with Gasteiger partial charge in [0.05, 0.1) is 30.0 Å². The van der Waals surface area contributed by atoms with Crippen LogP contribution in [0.4, 0.5) is 5.69 Å². The minimum Gasteiger partial charge on any atom is -0.493 e. The van der Waals surface area contributed by atoms with Gasteiger partial charge in [-0.05, 0) is 23.8 Å². The normalized spacial score (nSPS) is 10.3. The molecule has 0 heterocycles. The van der Waals surface area contributed by atoms with Gasteiger partial charge in [0.25, 0.3) is 0 Å². The topological polar surface area (TPSA) is 53.7 Å². The molecule has 2 rings (SSSR count). The van der Waals surface area contributed by atoms with Crippen molar-refractivity contribution in [2.24, 2.45) is 0 Å². The molecular weight excluding hydrogens is 313 g/mol. The van der Waals surface area contributed by atoms with Crippen LogP contribution >= 0.6 is 23.2 Å². The van der Waals surface area contributed by atoms with E-state index in [1.165, 1.54) is 0 Å². The highest BCUT2D eigenvalue weighted by Gasteiger charge is 2.08. The number of halogens is 2. The molecule has 6 heteroatoms. The molecule has 21 heavy (non-hydrogen) atoms. The van der Waals surface area contributed by atoms with Crippen molar-refractivity contribution in [2.45, 2.75) is 6.61 Å². The molecule has 0 aliphatic heterocycles. The fourth-order valence-electron chi connectivity index (χ4n) is 1.80. The zero-order valence-corrected chi connectivity index (χ0v) is 13.2. The summed E-state index contributed by atoms with van der Waals surface area (Å²) in [5.74, 6) is 1.79. The number of hydrogen-bond acceptors (Lipinski definition) is 4. The molecule has 0 aromatic heterocycles. The van der Waals surface area contributed by atoms with Crippen molar-refractivity contribution in [1.29, 1.82) is 0 Å². The van der Waals surface area contributed by atoms with E-state index in [0.29, 0.717) is 39.6 Å². The molecule has 0 radical (unpaired) electrons. The van der Waals surface area contributed by atoms with Crippen LogP contribution in [-0.4, -0.2) is 14.2 Å². The van der Waals surface area contributed by atoms with Gasteiger partial charge in [0.2, 0.25) is 0 Å². The summed E-state index contributed by atoms with van der Waals surface area (Å²) in [5, 5.41) is 0.792. The molecule has 0 atom stereocenters. The highest BCUT2D eigenvalue weighted by atomic mass is 35.5. The number of ether oxygens (including phenoxy) is 3. The molecule has 4 nitrogen and oxygen atoms in total. The number of anilines is 1. The summed E-state index contributed by atoms with van der Waals surface area (Å²) in [6, 6.07) is 8.70. The molecule has 0 bridgehead atoms. The third-order valence-electron chi connectivity index (χ3n) is 2.90. The van der Waals surface area contributed by atoms with E-state index < -0.39 is 0 Å². The fraction of sp³-hybridized carbons (Fsp3) is 0.200. The molecule has 112 valence electrons. The zero-order valence-electron chi connectivity index (χ0n) is 11.7. The van der Waals surface area contributed by atoms with Crippen LogP contribution in [0.15, 0.2) is 30.3 Å². The molecule has 0 saturated heterocycles. The summed E-state index contributed by atoms with van der Waals surface area (Å²) in [7, 11) is 3.17. The smallest absolute Gasteiger partial charge is 0.161 e. The molecule has 0 saturated carbocycles. The highest BCUT2D eigenvalue weighted by Crippen LogP contribution is 2.33. The predicted molar refractivity (Wildman–Crippen MR) is 84.8 cm³/mol. The van der Waals surface area contributed by atoms with Gasteiger partial charge in [0, 0.05) is 6.07 Å². The first-order chi connectivity index (χ1) is 10.0. The van der Waals surface area contributed by atoms with E-state index in [1.54, 1.807) is 26.4 Å². The number of rotatable bonds is 5. The van der Waals surface area contributed by atoms with Crippen LogP contribution in [-0.2, 0) is 6.61 Å². The molecule has 0 fully saturated rings. The first kappa shape index (κ1) is 15.6. The molecule has 0 aliphatic carbocycles. The van der Waals surface area contributed by atoms with Crippen molar-refractivity contribution in [3.05, 3.63) is 45.9 Å². The Morgan fingerprint density at radius 2 is 1.57 bits per heavy atom. The largest absolute Gasteiger partial charge is 0.493 e. The van der Waals surface area contributed by atoms with Gasteiger partial charge in [-0.15, -0.1) is 0 Å². The Morgan fingerprint density at radius 1 is 0.905 bits per heavy atom. The Bertz CT molecular complexity index is 647. The number of benzene rings is 2. The van der Waals surface area contributed by atoms with Gasteiger partial charge >= 0.3 is 0 Å². The molecule has 0 unspecified atom stereocenters. The van der Waals surface area contributed by atoms with Crippen molar-refractivity contribution >= 4 is 28.9 Å². The van der Waals surface area contributed by atoms with Crippen molar-refractivity contribution in [2.75, 3.05) is 20.0 Å². The number of hydrogen-bond donors (Lipinski definition) is 1. The first-order valence-electron chi connectivity index (χ1n) is 6.13. The van der Waals surface area contributed by atoms with Gasteiger partial charge in [-0.2, -0.15) is 0 Å². The summed E-state index contributed by atoms with van der Waals surface area (Å²) in [4.78, 5) is 0. The molecule has 0 spiro atoms. The maximum Gasteiger partial charge on any atom is 0.161 e. The van der Waals surface area contributed by atoms with Crippen molar-refractivity contribution in [3.63, 3.8) is 0 Å². The van der Waals surface area contributed by atoms with Crippen LogP contribution in [0.3, 0.4) is 0 Å². The van der Waals surface area contributed by atoms with E-state index in [9.17, 15) is 0 Å². The molecule has 2 N–H and O–H groups in total. The third-order valence-corrected chi connectivity index (χ3v) is 3.62. The Morgan fingerprint density at radius 3 is 2.24 bits per heavy atom. The molecule has 0 aliphatic rings. The summed E-state index contributed by atoms with van der Waals surface area (Å²) < 4.78 is 16.1. The quantitative estimate of drug-likeness (QED) is 0.837. The second kappa shape index (κ2) is 6.78. The number of nitrogens with two attached hydrogens (primary N) is 1. The monoisotopic (exact) mass is 327 g/mol. The lowest BCUT2D eigenvalue weighted by atomic mass is 10.2. The second-order valence-electron chi connectivity index (χ2n) is 4.28. The van der Waals surface area contributed by atoms with E-state index >= 15 is 0 Å². The van der Waals surface area contributed by atoms with Gasteiger partial charge in [0.1, 0.15) is 12.4 Å². The SMILES string of the molecule is COc1ccc(COc2cc(Cl)c(Cl)cc2N)cc1OC. The van der Waals surface area contributed by atoms with Crippen LogP contribution in [0, 0.1) is 0 Å². The van der Waals surface area contributed by atoms with Gasteiger partial charge < -0.3 is 19.9 Å². The van der Waals surface area contributed by atoms with E-state index in [4.69, 9.17) is 43.1 Å². The summed E-state index contributed by atoms with van der Waals surface area (Å²) in [6.45, 7) is 0.322. The predicted octanol–water partition coefficient (Wildman–Crippen LogP) is 4.17. The van der Waals surface area contributed by atoms with Crippen molar-refractivity contribution in [3.8, 4) is 17.2 Å². The van der Waals surface area contributed by atoms with Crippen molar-refractivity contribution < 1.29 is 14.2 Å². The lowest BCUT2D eigenvalue weighted by Gasteiger charge is -2.12. The first-order valence-corrected chi connectivity index (χ1v) is 6.89. The summed E-state index contributed by atoms with van der Waals surface area (Å²) >= 11 is 11.8. The van der Waals surface area contributed by atoms with Gasteiger partial charge in [-0.3, -0.25) is 0 Å². The van der Waals surface area contributed by atoms with Crippen LogP contribution in [0.2, 0.25) is 10.0 Å². The van der Waals surface area contributed by atoms with Gasteiger partial charge in [-0.25, -0.2) is 0 Å². The molecule has 2 aromatic rings. The number of methoxy groups -OCH3 is 2. The zero-order chi connectivity index (χ0) is 15.4. The van der Waals surface area contributed by atoms with Gasteiger partial charge in [0.15, 0.2) is 11.5 Å². The lowest BCUT2D eigenvalue weighted by Crippen LogP contribution is -2.00. The third kappa shape index (κ3) is 3.65. The van der Waals surface area contributed by atoms with Crippen molar-refractivity contribution in [1.82, 2.24) is 0 Å². The highest BCUT2D eigenvalue weighted by molar-refractivity contribution is 6.42. The Hall–Kier alpha value is -1.78. The maximum atomic E-state index is 5.95. The van der Waals surface area contributed by atoms with E-state index in [2.05, 4.69) is 0 Å². The Labute approximate surface area is 133 Å². The number of nitrogen functional groups attached to an aromatic ring is 1. The lowest BCUT2D eigenvalue weighted by molar-refractivity contribution is 0.305. The molecular formula is C15H15Cl2NO3. The average molecular weight is 328 g/mol. The maximum absolute atomic E-state index is 5.95. The standard InChI is InChI=1S/C15H15Cl2NO3/c1-19-13-4-3-9(5-15(13)20-2)8-21-14-7-11(17)10(16)6-12(14)18/h3-7H,8,18H2,1-2H3. The summed E-state index contributed by atoms with van der Waals surface area (Å²) in [6.07, 6.45) is 0. The molecule has 2 aromatic carbocycles. The second-order valence-corrected chi connectivity index (χ2v) is 5.10. The Balaban J connectivity index is 2.15. The van der Waals surface area contributed by atoms with E-state index in [0.717, 1.165) is 5.56 Å². The van der Waals surface area contributed by atoms with E-state index in [-0.39, 0.29) is 0 Å². The summed E-state index contributed by atoms with van der Waals surface area (Å²) in [5.41, 5.74) is 7.19.